The SMILES string of the molecule is CS(=O)(=O)c1ccccc1-c1nnn[nH]1. The fourth-order valence-corrected chi connectivity index (χ4v) is 2.15. The van der Waals surface area contributed by atoms with Crippen LogP contribution in [0.5, 0.6) is 0 Å². The molecule has 0 aliphatic heterocycles. The minimum atomic E-state index is -3.28. The largest absolute Gasteiger partial charge is 0.239 e. The predicted octanol–water partition coefficient (Wildman–Crippen LogP) is 0.270. The van der Waals surface area contributed by atoms with E-state index in [1.807, 2.05) is 0 Å². The fourth-order valence-electron chi connectivity index (χ4n) is 1.26. The highest BCUT2D eigenvalue weighted by molar-refractivity contribution is 7.90. The van der Waals surface area contributed by atoms with E-state index in [4.69, 9.17) is 0 Å². The normalized spacial score (nSPS) is 11.5. The van der Waals surface area contributed by atoms with Gasteiger partial charge in [0.2, 0.25) is 0 Å². The first-order valence-electron chi connectivity index (χ1n) is 4.12. The molecule has 1 aromatic heterocycles. The molecule has 0 aliphatic carbocycles. The van der Waals surface area contributed by atoms with Crippen LogP contribution in [0.2, 0.25) is 0 Å². The van der Waals surface area contributed by atoms with E-state index >= 15 is 0 Å². The molecule has 6 nitrogen and oxygen atoms in total. The van der Waals surface area contributed by atoms with Gasteiger partial charge in [-0.05, 0) is 22.6 Å². The first-order valence-corrected chi connectivity index (χ1v) is 6.01. The summed E-state index contributed by atoms with van der Waals surface area (Å²) in [5.74, 6) is 0.344. The van der Waals surface area contributed by atoms with Gasteiger partial charge < -0.3 is 0 Å². The summed E-state index contributed by atoms with van der Waals surface area (Å²) in [6.07, 6.45) is 1.15. The van der Waals surface area contributed by atoms with Gasteiger partial charge in [-0.2, -0.15) is 0 Å². The van der Waals surface area contributed by atoms with Gasteiger partial charge >= 0.3 is 0 Å². The molecule has 1 aromatic carbocycles. The van der Waals surface area contributed by atoms with Crippen molar-refractivity contribution in [3.63, 3.8) is 0 Å². The van der Waals surface area contributed by atoms with Crippen molar-refractivity contribution < 1.29 is 8.42 Å². The van der Waals surface area contributed by atoms with Crippen molar-refractivity contribution in [3.05, 3.63) is 24.3 Å². The van der Waals surface area contributed by atoms with Crippen LogP contribution in [-0.2, 0) is 9.84 Å². The van der Waals surface area contributed by atoms with E-state index < -0.39 is 9.84 Å². The summed E-state index contributed by atoms with van der Waals surface area (Å²) in [6.45, 7) is 0. The summed E-state index contributed by atoms with van der Waals surface area (Å²) in [6, 6.07) is 6.56. The third-order valence-corrected chi connectivity index (χ3v) is 3.04. The Morgan fingerprint density at radius 3 is 2.60 bits per heavy atom. The van der Waals surface area contributed by atoms with E-state index in [0.29, 0.717) is 11.4 Å². The Morgan fingerprint density at radius 2 is 2.00 bits per heavy atom. The standard InChI is InChI=1S/C8H8N4O2S/c1-15(13,14)7-5-3-2-4-6(7)8-9-11-12-10-8/h2-5H,1H3,(H,9,10,11,12). The van der Waals surface area contributed by atoms with E-state index in [-0.39, 0.29) is 4.90 Å². The highest BCUT2D eigenvalue weighted by Gasteiger charge is 2.15. The summed E-state index contributed by atoms with van der Waals surface area (Å²) < 4.78 is 22.9. The van der Waals surface area contributed by atoms with Gasteiger partial charge in [0.05, 0.1) is 4.90 Å². The number of H-pyrrole nitrogens is 1. The van der Waals surface area contributed by atoms with Crippen molar-refractivity contribution >= 4 is 9.84 Å². The van der Waals surface area contributed by atoms with Crippen LogP contribution in [-0.4, -0.2) is 35.3 Å². The molecule has 0 saturated heterocycles. The van der Waals surface area contributed by atoms with Gasteiger partial charge in [0.25, 0.3) is 0 Å². The lowest BCUT2D eigenvalue weighted by molar-refractivity contribution is 0.602. The Hall–Kier alpha value is -1.76. The van der Waals surface area contributed by atoms with Gasteiger partial charge in [0.1, 0.15) is 0 Å². The molecule has 0 radical (unpaired) electrons. The molecule has 15 heavy (non-hydrogen) atoms. The molecular weight excluding hydrogens is 216 g/mol. The monoisotopic (exact) mass is 224 g/mol. The predicted molar refractivity (Wildman–Crippen MR) is 52.7 cm³/mol. The molecule has 0 aliphatic rings. The first kappa shape index (κ1) is 9.78. The van der Waals surface area contributed by atoms with Crippen LogP contribution >= 0.6 is 0 Å². The highest BCUT2D eigenvalue weighted by Crippen LogP contribution is 2.22. The second-order valence-corrected chi connectivity index (χ2v) is 5.00. The fraction of sp³-hybridized carbons (Fsp3) is 0.125. The third-order valence-electron chi connectivity index (χ3n) is 1.89. The Kier molecular flexibility index (Phi) is 2.24. The zero-order valence-electron chi connectivity index (χ0n) is 7.88. The maximum absolute atomic E-state index is 11.5. The summed E-state index contributed by atoms with van der Waals surface area (Å²) in [5, 5.41) is 13.0. The molecule has 2 aromatic rings. The smallest absolute Gasteiger partial charge is 0.180 e. The third kappa shape index (κ3) is 1.86. The van der Waals surface area contributed by atoms with Crippen LogP contribution < -0.4 is 0 Å². The number of rotatable bonds is 2. The van der Waals surface area contributed by atoms with Crippen LogP contribution in [0, 0.1) is 0 Å². The number of nitrogens with one attached hydrogen (secondary N) is 1. The summed E-state index contributed by atoms with van der Waals surface area (Å²) in [4.78, 5) is 0.212. The van der Waals surface area contributed by atoms with E-state index in [1.54, 1.807) is 18.2 Å². The zero-order chi connectivity index (χ0) is 10.9. The van der Waals surface area contributed by atoms with E-state index in [0.717, 1.165) is 6.26 Å². The van der Waals surface area contributed by atoms with Crippen molar-refractivity contribution in [1.29, 1.82) is 0 Å². The van der Waals surface area contributed by atoms with Crippen molar-refractivity contribution in [2.45, 2.75) is 4.90 Å². The lowest BCUT2D eigenvalue weighted by Gasteiger charge is -2.03. The summed E-state index contributed by atoms with van der Waals surface area (Å²) in [5.41, 5.74) is 0.477. The second-order valence-electron chi connectivity index (χ2n) is 3.02. The minimum Gasteiger partial charge on any atom is -0.239 e. The van der Waals surface area contributed by atoms with Crippen molar-refractivity contribution in [2.24, 2.45) is 0 Å². The number of hydrogen-bond donors (Lipinski definition) is 1. The molecule has 0 bridgehead atoms. The average molecular weight is 224 g/mol. The number of aromatic nitrogens is 4. The van der Waals surface area contributed by atoms with Crippen molar-refractivity contribution in [1.82, 2.24) is 20.6 Å². The summed E-state index contributed by atoms with van der Waals surface area (Å²) >= 11 is 0. The molecule has 0 fully saturated rings. The minimum absolute atomic E-state index is 0.212. The molecule has 1 N–H and O–H groups in total. The topological polar surface area (TPSA) is 88.6 Å². The van der Waals surface area contributed by atoms with Gasteiger partial charge in [-0.3, -0.25) is 0 Å². The molecule has 1 heterocycles. The van der Waals surface area contributed by atoms with Gasteiger partial charge in [0.15, 0.2) is 15.7 Å². The highest BCUT2D eigenvalue weighted by atomic mass is 32.2. The Morgan fingerprint density at radius 1 is 1.27 bits per heavy atom. The van der Waals surface area contributed by atoms with E-state index in [1.165, 1.54) is 6.07 Å². The molecule has 0 spiro atoms. The number of nitrogens with zero attached hydrogens (tertiary/aromatic N) is 3. The van der Waals surface area contributed by atoms with Gasteiger partial charge in [-0.25, -0.2) is 13.5 Å². The Labute approximate surface area is 86.3 Å². The molecule has 78 valence electrons. The number of aromatic amines is 1. The number of tetrazole rings is 1. The molecule has 0 saturated carbocycles. The first-order chi connectivity index (χ1) is 7.09. The van der Waals surface area contributed by atoms with Crippen LogP contribution in [0.4, 0.5) is 0 Å². The van der Waals surface area contributed by atoms with Crippen molar-refractivity contribution in [3.8, 4) is 11.4 Å². The zero-order valence-corrected chi connectivity index (χ0v) is 8.69. The quantitative estimate of drug-likeness (QED) is 0.791. The van der Waals surface area contributed by atoms with Crippen LogP contribution in [0.15, 0.2) is 29.2 Å². The molecule has 2 rings (SSSR count). The Balaban J connectivity index is 2.68. The maximum Gasteiger partial charge on any atom is 0.180 e. The number of sulfone groups is 1. The van der Waals surface area contributed by atoms with E-state index in [9.17, 15) is 8.42 Å². The molecule has 7 heteroatoms. The number of benzene rings is 1. The molecule has 0 amide bonds. The second kappa shape index (κ2) is 3.43. The summed E-state index contributed by atoms with van der Waals surface area (Å²) in [7, 11) is -3.28. The lowest BCUT2D eigenvalue weighted by Crippen LogP contribution is -2.00. The maximum atomic E-state index is 11.5. The van der Waals surface area contributed by atoms with Crippen LogP contribution in [0.1, 0.15) is 0 Å². The Bertz CT molecular complexity index is 562. The van der Waals surface area contributed by atoms with Gasteiger partial charge in [0, 0.05) is 11.8 Å². The number of hydrogen-bond acceptors (Lipinski definition) is 5. The lowest BCUT2D eigenvalue weighted by atomic mass is 10.2. The van der Waals surface area contributed by atoms with Crippen molar-refractivity contribution in [2.75, 3.05) is 6.26 Å². The van der Waals surface area contributed by atoms with Gasteiger partial charge in [-0.1, -0.05) is 12.1 Å². The molecule has 0 unspecified atom stereocenters. The van der Waals surface area contributed by atoms with Crippen LogP contribution in [0.3, 0.4) is 0 Å². The van der Waals surface area contributed by atoms with E-state index in [2.05, 4.69) is 20.6 Å². The average Bonchev–Trinajstić information content (AvgIpc) is 2.69. The van der Waals surface area contributed by atoms with Crippen LogP contribution in [0.25, 0.3) is 11.4 Å². The van der Waals surface area contributed by atoms with Gasteiger partial charge in [-0.15, -0.1) is 5.10 Å². The molecule has 0 atom stereocenters. The molecular formula is C8H8N4O2S.